The summed E-state index contributed by atoms with van der Waals surface area (Å²) in [5.41, 5.74) is 0. The largest absolute Gasteiger partial charge is 0.395 e. The summed E-state index contributed by atoms with van der Waals surface area (Å²) in [6, 6.07) is 1.12. The molecule has 5 heteroatoms. The molecule has 1 rings (SSSR count). The van der Waals surface area contributed by atoms with Crippen molar-refractivity contribution < 1.29 is 5.11 Å². The molecule has 0 spiro atoms. The summed E-state index contributed by atoms with van der Waals surface area (Å²) in [5, 5.41) is 12.1. The quantitative estimate of drug-likeness (QED) is 0.726. The monoisotopic (exact) mass is 230 g/mol. The van der Waals surface area contributed by atoms with Crippen LogP contribution in [0.4, 0.5) is 0 Å². The molecule has 1 aliphatic heterocycles. The van der Waals surface area contributed by atoms with Gasteiger partial charge in [-0.25, -0.2) is 0 Å². The van der Waals surface area contributed by atoms with Crippen LogP contribution in [0, 0.1) is 0 Å². The minimum atomic E-state index is 0. The second-order valence-corrected chi connectivity index (χ2v) is 3.32. The third-order valence-corrected chi connectivity index (χ3v) is 2.37. The number of β-amino-alcohol motifs (C(OH)–C–C–N with tert-alkyl or cyclic N) is 1. The minimum Gasteiger partial charge on any atom is -0.395 e. The Hall–Kier alpha value is 0.460. The molecular weight excluding hydrogens is 211 g/mol. The predicted molar refractivity (Wildman–Crippen MR) is 60.1 cm³/mol. The molecule has 1 aliphatic rings. The van der Waals surface area contributed by atoms with Gasteiger partial charge in [0.1, 0.15) is 0 Å². The van der Waals surface area contributed by atoms with Crippen LogP contribution >= 0.6 is 24.8 Å². The van der Waals surface area contributed by atoms with Gasteiger partial charge >= 0.3 is 0 Å². The molecule has 1 heterocycles. The SMILES string of the molecule is CC1CNCC(C)N1CCO.Cl.Cl. The molecule has 0 bridgehead atoms. The molecule has 0 amide bonds. The topological polar surface area (TPSA) is 35.5 Å². The van der Waals surface area contributed by atoms with Gasteiger partial charge in [-0.05, 0) is 13.8 Å². The van der Waals surface area contributed by atoms with E-state index in [1.54, 1.807) is 0 Å². The lowest BCUT2D eigenvalue weighted by Gasteiger charge is -2.38. The Balaban J connectivity index is 0. The summed E-state index contributed by atoms with van der Waals surface area (Å²) in [5.74, 6) is 0. The standard InChI is InChI=1S/C8H18N2O.2ClH/c1-7-5-9-6-8(2)10(7)3-4-11;;/h7-9,11H,3-6H2,1-2H3;2*1H. The smallest absolute Gasteiger partial charge is 0.0558 e. The fourth-order valence-corrected chi connectivity index (χ4v) is 1.73. The van der Waals surface area contributed by atoms with Gasteiger partial charge in [0.2, 0.25) is 0 Å². The summed E-state index contributed by atoms with van der Waals surface area (Å²) in [7, 11) is 0. The van der Waals surface area contributed by atoms with Crippen LogP contribution in [0.15, 0.2) is 0 Å². The first-order chi connectivity index (χ1) is 5.25. The Kier molecular flexibility index (Phi) is 9.58. The van der Waals surface area contributed by atoms with Crippen molar-refractivity contribution in [2.24, 2.45) is 0 Å². The van der Waals surface area contributed by atoms with Gasteiger partial charge in [0.15, 0.2) is 0 Å². The van der Waals surface area contributed by atoms with Crippen LogP contribution in [-0.4, -0.2) is 48.3 Å². The van der Waals surface area contributed by atoms with Gasteiger partial charge in [-0.2, -0.15) is 0 Å². The van der Waals surface area contributed by atoms with Crippen molar-refractivity contribution >= 4 is 24.8 Å². The molecule has 0 radical (unpaired) electrons. The lowest BCUT2D eigenvalue weighted by atomic mass is 10.1. The molecule has 2 N–H and O–H groups in total. The molecule has 0 aromatic carbocycles. The highest BCUT2D eigenvalue weighted by molar-refractivity contribution is 5.85. The van der Waals surface area contributed by atoms with E-state index in [0.717, 1.165) is 19.6 Å². The molecule has 0 aliphatic carbocycles. The van der Waals surface area contributed by atoms with E-state index in [4.69, 9.17) is 5.11 Å². The van der Waals surface area contributed by atoms with E-state index in [-0.39, 0.29) is 31.4 Å². The molecule has 13 heavy (non-hydrogen) atoms. The number of piperazine rings is 1. The highest BCUT2D eigenvalue weighted by atomic mass is 35.5. The van der Waals surface area contributed by atoms with E-state index in [1.807, 2.05) is 0 Å². The number of rotatable bonds is 2. The highest BCUT2D eigenvalue weighted by Crippen LogP contribution is 2.07. The Morgan fingerprint density at radius 1 is 1.23 bits per heavy atom. The molecule has 0 saturated carbocycles. The lowest BCUT2D eigenvalue weighted by molar-refractivity contribution is 0.0914. The second-order valence-electron chi connectivity index (χ2n) is 3.32. The third-order valence-electron chi connectivity index (χ3n) is 2.37. The van der Waals surface area contributed by atoms with Crippen molar-refractivity contribution in [2.75, 3.05) is 26.2 Å². The first kappa shape index (κ1) is 15.9. The molecular formula is C8H20Cl2N2O. The van der Waals surface area contributed by atoms with Crippen LogP contribution in [-0.2, 0) is 0 Å². The maximum Gasteiger partial charge on any atom is 0.0558 e. The fourth-order valence-electron chi connectivity index (χ4n) is 1.73. The Morgan fingerprint density at radius 2 is 1.69 bits per heavy atom. The van der Waals surface area contributed by atoms with Crippen molar-refractivity contribution in [3.05, 3.63) is 0 Å². The molecule has 0 aromatic rings. The van der Waals surface area contributed by atoms with Gasteiger partial charge in [-0.3, -0.25) is 4.90 Å². The lowest BCUT2D eigenvalue weighted by Crippen LogP contribution is -2.55. The fraction of sp³-hybridized carbons (Fsp3) is 1.00. The predicted octanol–water partition coefficient (Wildman–Crippen LogP) is 0.504. The number of nitrogens with zero attached hydrogens (tertiary/aromatic N) is 1. The van der Waals surface area contributed by atoms with Crippen LogP contribution in [0.5, 0.6) is 0 Å². The highest BCUT2D eigenvalue weighted by Gasteiger charge is 2.22. The zero-order chi connectivity index (χ0) is 8.27. The van der Waals surface area contributed by atoms with Crippen LogP contribution in [0.2, 0.25) is 0 Å². The van der Waals surface area contributed by atoms with Gasteiger partial charge in [0.25, 0.3) is 0 Å². The molecule has 1 saturated heterocycles. The first-order valence-corrected chi connectivity index (χ1v) is 4.33. The van der Waals surface area contributed by atoms with Crippen LogP contribution in [0.1, 0.15) is 13.8 Å². The normalized spacial score (nSPS) is 28.8. The van der Waals surface area contributed by atoms with Crippen LogP contribution in [0.25, 0.3) is 0 Å². The van der Waals surface area contributed by atoms with E-state index in [0.29, 0.717) is 12.1 Å². The van der Waals surface area contributed by atoms with E-state index < -0.39 is 0 Å². The van der Waals surface area contributed by atoms with E-state index in [2.05, 4.69) is 24.1 Å². The Morgan fingerprint density at radius 3 is 2.08 bits per heavy atom. The van der Waals surface area contributed by atoms with Crippen molar-refractivity contribution in [3.8, 4) is 0 Å². The Labute approximate surface area is 92.7 Å². The van der Waals surface area contributed by atoms with E-state index >= 15 is 0 Å². The number of aliphatic hydroxyl groups is 1. The van der Waals surface area contributed by atoms with Gasteiger partial charge in [-0.15, -0.1) is 24.8 Å². The second kappa shape index (κ2) is 7.83. The van der Waals surface area contributed by atoms with E-state index in [9.17, 15) is 0 Å². The minimum absolute atomic E-state index is 0. The maximum absolute atomic E-state index is 8.79. The summed E-state index contributed by atoms with van der Waals surface area (Å²) in [6.45, 7) is 7.56. The van der Waals surface area contributed by atoms with Crippen LogP contribution in [0.3, 0.4) is 0 Å². The number of nitrogens with one attached hydrogen (secondary N) is 1. The van der Waals surface area contributed by atoms with Gasteiger partial charge in [0.05, 0.1) is 6.61 Å². The molecule has 0 aromatic heterocycles. The number of hydrogen-bond donors (Lipinski definition) is 2. The maximum atomic E-state index is 8.79. The average Bonchev–Trinajstić information content (AvgIpc) is 1.97. The summed E-state index contributed by atoms with van der Waals surface area (Å²) in [4.78, 5) is 2.34. The molecule has 82 valence electrons. The first-order valence-electron chi connectivity index (χ1n) is 4.33. The Bertz CT molecular complexity index is 117. The van der Waals surface area contributed by atoms with Crippen LogP contribution < -0.4 is 5.32 Å². The zero-order valence-corrected chi connectivity index (χ0v) is 9.83. The molecule has 1 fully saturated rings. The number of aliphatic hydroxyl groups excluding tert-OH is 1. The molecule has 2 unspecified atom stereocenters. The van der Waals surface area contributed by atoms with Crippen molar-refractivity contribution in [1.82, 2.24) is 10.2 Å². The van der Waals surface area contributed by atoms with Gasteiger partial charge in [-0.1, -0.05) is 0 Å². The van der Waals surface area contributed by atoms with Crippen molar-refractivity contribution in [3.63, 3.8) is 0 Å². The van der Waals surface area contributed by atoms with Gasteiger partial charge < -0.3 is 10.4 Å². The zero-order valence-electron chi connectivity index (χ0n) is 8.19. The molecule has 3 nitrogen and oxygen atoms in total. The molecule has 2 atom stereocenters. The number of halogens is 2. The van der Waals surface area contributed by atoms with E-state index in [1.165, 1.54) is 0 Å². The third kappa shape index (κ3) is 4.47. The summed E-state index contributed by atoms with van der Waals surface area (Å²) < 4.78 is 0. The summed E-state index contributed by atoms with van der Waals surface area (Å²) >= 11 is 0. The summed E-state index contributed by atoms with van der Waals surface area (Å²) in [6.07, 6.45) is 0. The number of hydrogen-bond acceptors (Lipinski definition) is 3. The average molecular weight is 231 g/mol. The van der Waals surface area contributed by atoms with Crippen molar-refractivity contribution in [2.45, 2.75) is 25.9 Å². The van der Waals surface area contributed by atoms with Gasteiger partial charge in [0, 0.05) is 31.7 Å². The van der Waals surface area contributed by atoms with Crippen molar-refractivity contribution in [1.29, 1.82) is 0 Å².